The second kappa shape index (κ2) is 8.97. The minimum absolute atomic E-state index is 0.358. The summed E-state index contributed by atoms with van der Waals surface area (Å²) in [4.78, 5) is 0. The summed E-state index contributed by atoms with van der Waals surface area (Å²) in [6, 6.07) is 0. The molecule has 15 heavy (non-hydrogen) atoms. The number of hydrogen-bond donors (Lipinski definition) is 0. The van der Waals surface area contributed by atoms with Gasteiger partial charge in [0.05, 0.1) is 17.6 Å². The third-order valence-corrected chi connectivity index (χ3v) is 6.00. The molecule has 3 nitrogen and oxygen atoms in total. The maximum atomic E-state index is 11.9. The third-order valence-electron chi connectivity index (χ3n) is 1.13. The first-order valence-electron chi connectivity index (χ1n) is 4.64. The number of thioether (sulfide) groups is 1. The van der Waals surface area contributed by atoms with E-state index in [4.69, 9.17) is 20.6 Å². The highest BCUT2D eigenvalue weighted by molar-refractivity contribution is 8.56. The second-order valence-electron chi connectivity index (χ2n) is 2.24. The average Bonchev–Trinajstić information content (AvgIpc) is 2.16. The van der Waals surface area contributed by atoms with Gasteiger partial charge in [0.25, 0.3) is 0 Å². The van der Waals surface area contributed by atoms with Crippen LogP contribution in [0.1, 0.15) is 20.8 Å². The zero-order valence-corrected chi connectivity index (χ0v) is 12.3. The van der Waals surface area contributed by atoms with E-state index in [1.165, 1.54) is 11.8 Å². The molecular weight excluding hydrogens is 275 g/mol. The van der Waals surface area contributed by atoms with E-state index in [9.17, 15) is 4.57 Å². The van der Waals surface area contributed by atoms with E-state index >= 15 is 0 Å². The molecule has 0 aromatic carbocycles. The van der Waals surface area contributed by atoms with Crippen LogP contribution < -0.4 is 0 Å². The summed E-state index contributed by atoms with van der Waals surface area (Å²) in [6.45, 7) is 3.21. The van der Waals surface area contributed by atoms with Gasteiger partial charge < -0.3 is 9.05 Å². The van der Waals surface area contributed by atoms with Crippen LogP contribution in [0, 0.1) is 0 Å². The fraction of sp³-hybridized carbons (Fsp3) is 0.750. The van der Waals surface area contributed by atoms with E-state index in [1.54, 1.807) is 19.3 Å². The minimum Gasteiger partial charge on any atom is -0.301 e. The topological polar surface area (TPSA) is 35.5 Å². The summed E-state index contributed by atoms with van der Waals surface area (Å²) in [6.07, 6.45) is 0. The third kappa shape index (κ3) is 7.72. The largest absolute Gasteiger partial charge is 0.393 e. The minimum atomic E-state index is -3.05. The van der Waals surface area contributed by atoms with E-state index < -0.39 is 6.80 Å². The van der Waals surface area contributed by atoms with Crippen LogP contribution in [-0.4, -0.2) is 19.0 Å². The van der Waals surface area contributed by atoms with Crippen LogP contribution in [0.15, 0.2) is 9.77 Å². The Morgan fingerprint density at radius 2 is 1.87 bits per heavy atom. The Hall–Kier alpha value is 0.880. The van der Waals surface area contributed by atoms with E-state index in [-0.39, 0.29) is 0 Å². The van der Waals surface area contributed by atoms with Crippen molar-refractivity contribution in [2.24, 2.45) is 0 Å². The van der Waals surface area contributed by atoms with Crippen molar-refractivity contribution < 1.29 is 13.6 Å². The number of halogens is 1. The van der Waals surface area contributed by atoms with Crippen molar-refractivity contribution in [1.29, 1.82) is 0 Å². The molecule has 7 heteroatoms. The lowest BCUT2D eigenvalue weighted by Crippen LogP contribution is -1.91. The molecular formula is C8H16ClO3PS2. The van der Waals surface area contributed by atoms with E-state index in [0.29, 0.717) is 17.6 Å². The second-order valence-corrected chi connectivity index (χ2v) is 8.01. The van der Waals surface area contributed by atoms with Crippen molar-refractivity contribution in [2.75, 3.05) is 19.0 Å². The lowest BCUT2D eigenvalue weighted by Gasteiger charge is -2.13. The first-order valence-corrected chi connectivity index (χ1v) is 9.03. The van der Waals surface area contributed by atoms with Crippen molar-refractivity contribution in [1.82, 2.24) is 0 Å². The first kappa shape index (κ1) is 15.9. The Labute approximate surface area is 105 Å². The SMILES string of the molecule is CCOP(=O)(OCC)S/C=C(\Cl)SCC. The molecule has 0 fully saturated rings. The molecule has 0 N–H and O–H groups in total. The molecule has 0 aromatic heterocycles. The molecule has 0 aromatic rings. The zero-order valence-electron chi connectivity index (χ0n) is 9.07. The van der Waals surface area contributed by atoms with E-state index in [2.05, 4.69) is 0 Å². The van der Waals surface area contributed by atoms with Crippen LogP contribution in [0.3, 0.4) is 0 Å². The maximum Gasteiger partial charge on any atom is 0.393 e. The molecule has 0 saturated carbocycles. The van der Waals surface area contributed by atoms with Gasteiger partial charge in [0.1, 0.15) is 0 Å². The van der Waals surface area contributed by atoms with Crippen LogP contribution >= 0.6 is 41.5 Å². The van der Waals surface area contributed by atoms with Gasteiger partial charge in [-0.05, 0) is 31.0 Å². The van der Waals surface area contributed by atoms with Crippen LogP contribution in [0.5, 0.6) is 0 Å². The molecule has 0 aliphatic carbocycles. The Morgan fingerprint density at radius 1 is 1.33 bits per heavy atom. The van der Waals surface area contributed by atoms with E-state index in [0.717, 1.165) is 17.1 Å². The molecule has 0 aliphatic rings. The van der Waals surface area contributed by atoms with Gasteiger partial charge in [-0.25, -0.2) is 4.57 Å². The molecule has 0 heterocycles. The number of hydrogen-bond acceptors (Lipinski definition) is 5. The fourth-order valence-electron chi connectivity index (χ4n) is 0.692. The average molecular weight is 291 g/mol. The van der Waals surface area contributed by atoms with Gasteiger partial charge in [-0.2, -0.15) is 0 Å². The highest BCUT2D eigenvalue weighted by Gasteiger charge is 2.23. The molecule has 0 atom stereocenters. The lowest BCUT2D eigenvalue weighted by atomic mass is 10.9. The predicted molar refractivity (Wildman–Crippen MR) is 70.5 cm³/mol. The fourth-order valence-corrected chi connectivity index (χ4v) is 4.99. The monoisotopic (exact) mass is 290 g/mol. The highest BCUT2D eigenvalue weighted by atomic mass is 35.5. The molecule has 0 unspecified atom stereocenters. The van der Waals surface area contributed by atoms with Crippen molar-refractivity contribution in [3.63, 3.8) is 0 Å². The summed E-state index contributed by atoms with van der Waals surface area (Å²) < 4.78 is 22.7. The van der Waals surface area contributed by atoms with Gasteiger partial charge in [-0.3, -0.25) is 0 Å². The Morgan fingerprint density at radius 3 is 2.27 bits per heavy atom. The summed E-state index contributed by atoms with van der Waals surface area (Å²) >= 11 is 8.36. The van der Waals surface area contributed by atoms with Crippen molar-refractivity contribution in [3.05, 3.63) is 9.77 Å². The van der Waals surface area contributed by atoms with Crippen LogP contribution in [-0.2, 0) is 13.6 Å². The summed E-state index contributed by atoms with van der Waals surface area (Å²) in [5.74, 6) is 0.878. The van der Waals surface area contributed by atoms with Gasteiger partial charge in [0.15, 0.2) is 0 Å². The Bertz CT molecular complexity index is 238. The summed E-state index contributed by atoms with van der Waals surface area (Å²) in [7, 11) is 0. The molecule has 0 radical (unpaired) electrons. The highest BCUT2D eigenvalue weighted by Crippen LogP contribution is 2.61. The van der Waals surface area contributed by atoms with Gasteiger partial charge in [0, 0.05) is 5.41 Å². The van der Waals surface area contributed by atoms with Gasteiger partial charge >= 0.3 is 6.80 Å². The maximum absolute atomic E-state index is 11.9. The van der Waals surface area contributed by atoms with Crippen LogP contribution in [0.4, 0.5) is 0 Å². The zero-order chi connectivity index (χ0) is 11.7. The first-order chi connectivity index (χ1) is 7.08. The number of rotatable bonds is 8. The van der Waals surface area contributed by atoms with Crippen molar-refractivity contribution in [2.45, 2.75) is 20.8 Å². The normalized spacial score (nSPS) is 13.2. The molecule has 0 rings (SSSR count). The van der Waals surface area contributed by atoms with Gasteiger partial charge in [-0.1, -0.05) is 18.5 Å². The van der Waals surface area contributed by atoms with Crippen molar-refractivity contribution >= 4 is 41.5 Å². The summed E-state index contributed by atoms with van der Waals surface area (Å²) in [5.41, 5.74) is 0. The molecule has 0 spiro atoms. The van der Waals surface area contributed by atoms with E-state index in [1.807, 2.05) is 6.92 Å². The molecule has 90 valence electrons. The Kier molecular flexibility index (Phi) is 9.49. The van der Waals surface area contributed by atoms with Crippen molar-refractivity contribution in [3.8, 4) is 0 Å². The smallest absolute Gasteiger partial charge is 0.301 e. The molecule has 0 saturated heterocycles. The Balaban J connectivity index is 4.28. The molecule has 0 amide bonds. The molecule has 0 bridgehead atoms. The molecule has 0 aliphatic heterocycles. The van der Waals surface area contributed by atoms with Gasteiger partial charge in [0.2, 0.25) is 0 Å². The van der Waals surface area contributed by atoms with Crippen LogP contribution in [0.2, 0.25) is 0 Å². The lowest BCUT2D eigenvalue weighted by molar-refractivity contribution is 0.237. The van der Waals surface area contributed by atoms with Crippen LogP contribution in [0.25, 0.3) is 0 Å². The standard InChI is InChI=1S/C8H16ClO3PS2/c1-4-11-13(10,12-5-2)15-7-8(9)14-6-3/h7H,4-6H2,1-3H3/b8-7+. The van der Waals surface area contributed by atoms with Gasteiger partial charge in [-0.15, -0.1) is 11.8 Å². The predicted octanol–water partition coefficient (Wildman–Crippen LogP) is 4.69. The summed E-state index contributed by atoms with van der Waals surface area (Å²) in [5, 5.41) is 1.61. The quantitative estimate of drug-likeness (QED) is 0.606.